The zero-order valence-electron chi connectivity index (χ0n) is 20.2. The van der Waals surface area contributed by atoms with Crippen LogP contribution in [-0.4, -0.2) is 54.6 Å². The number of benzene rings is 1. The Labute approximate surface area is 214 Å². The molecule has 1 amide bonds. The number of anilines is 1. The number of rotatable bonds is 8. The number of nitrogens with one attached hydrogen (secondary N) is 1. The Morgan fingerprint density at radius 3 is 2.57 bits per heavy atom. The number of aromatic nitrogens is 5. The average molecular weight is 528 g/mol. The molecule has 0 aliphatic carbocycles. The van der Waals surface area contributed by atoms with Crippen LogP contribution in [0.3, 0.4) is 0 Å². The molecule has 0 spiro atoms. The van der Waals surface area contributed by atoms with E-state index >= 15 is 0 Å². The number of fused-ring (bicyclic) bond motifs is 2. The van der Waals surface area contributed by atoms with E-state index in [9.17, 15) is 18.0 Å². The molecule has 4 heterocycles. The first-order chi connectivity index (χ1) is 17.8. The van der Waals surface area contributed by atoms with Gasteiger partial charge in [0.05, 0.1) is 21.6 Å². The van der Waals surface area contributed by atoms with Crippen LogP contribution in [0.4, 0.5) is 19.1 Å². The van der Waals surface area contributed by atoms with Gasteiger partial charge in [-0.05, 0) is 42.7 Å². The highest BCUT2D eigenvalue weighted by Gasteiger charge is 2.36. The lowest BCUT2D eigenvalue weighted by molar-refractivity contribution is -0.142. The Morgan fingerprint density at radius 1 is 1.08 bits per heavy atom. The number of nitrogens with zero attached hydrogens (tertiary/aromatic N) is 6. The third kappa shape index (κ3) is 4.94. The molecule has 0 radical (unpaired) electrons. The van der Waals surface area contributed by atoms with Crippen LogP contribution in [0.25, 0.3) is 27.3 Å². The van der Waals surface area contributed by atoms with Crippen LogP contribution in [0.5, 0.6) is 0 Å². The molecule has 8 nitrogen and oxygen atoms in total. The van der Waals surface area contributed by atoms with Crippen molar-refractivity contribution in [3.63, 3.8) is 0 Å². The normalized spacial score (nSPS) is 12.2. The molecule has 1 N–H and O–H groups in total. The molecule has 192 valence electrons. The second-order valence-corrected chi connectivity index (χ2v) is 9.31. The lowest BCUT2D eigenvalue weighted by atomic mass is 10.2. The highest BCUT2D eigenvalue weighted by Crippen LogP contribution is 2.33. The Balaban J connectivity index is 1.51. The highest BCUT2D eigenvalue weighted by atomic mass is 32.1. The standard InChI is InChI=1S/C25H24F3N7OS/c1-3-33(4-2)11-12-34-19-9-6-5-8-16(19)30-24(34)31-23(36)18-15-22-29-17(20-10-7-13-37-20)14-21(25(26,27)28)35(22)32-18/h5-10,13-15H,3-4,11-12H2,1-2H3,(H,30,31,36). The number of halogens is 3. The van der Waals surface area contributed by atoms with Crippen molar-refractivity contribution in [2.75, 3.05) is 25.0 Å². The van der Waals surface area contributed by atoms with Crippen LogP contribution < -0.4 is 5.32 Å². The summed E-state index contributed by atoms with van der Waals surface area (Å²) in [5, 5.41) is 8.47. The third-order valence-corrected chi connectivity index (χ3v) is 7.03. The van der Waals surface area contributed by atoms with Crippen LogP contribution in [0.1, 0.15) is 30.0 Å². The number of hydrogen-bond donors (Lipinski definition) is 1. The van der Waals surface area contributed by atoms with Crippen molar-refractivity contribution in [1.29, 1.82) is 0 Å². The Bertz CT molecular complexity index is 1550. The SMILES string of the molecule is CCN(CC)CCn1c(NC(=O)c2cc3nc(-c4cccs4)cc(C(F)(F)F)n3n2)nc2ccccc21. The summed E-state index contributed by atoms with van der Waals surface area (Å²) < 4.78 is 44.2. The van der Waals surface area contributed by atoms with Crippen LogP contribution in [0.15, 0.2) is 53.9 Å². The van der Waals surface area contributed by atoms with Crippen LogP contribution in [0.2, 0.25) is 0 Å². The summed E-state index contributed by atoms with van der Waals surface area (Å²) in [6.45, 7) is 7.24. The van der Waals surface area contributed by atoms with E-state index in [4.69, 9.17) is 0 Å². The quantitative estimate of drug-likeness (QED) is 0.292. The highest BCUT2D eigenvalue weighted by molar-refractivity contribution is 7.13. The first kappa shape index (κ1) is 24.9. The van der Waals surface area contributed by atoms with Crippen molar-refractivity contribution in [3.05, 3.63) is 65.3 Å². The molecule has 0 fully saturated rings. The van der Waals surface area contributed by atoms with E-state index in [1.807, 2.05) is 28.8 Å². The molecule has 0 atom stereocenters. The van der Waals surface area contributed by atoms with Gasteiger partial charge in [-0.1, -0.05) is 32.0 Å². The Kier molecular flexibility index (Phi) is 6.69. The Morgan fingerprint density at radius 2 is 1.86 bits per heavy atom. The molecule has 0 aliphatic heterocycles. The number of alkyl halides is 3. The third-order valence-electron chi connectivity index (χ3n) is 6.14. The second-order valence-electron chi connectivity index (χ2n) is 8.36. The maximum absolute atomic E-state index is 13.9. The van der Waals surface area contributed by atoms with Crippen molar-refractivity contribution in [3.8, 4) is 10.6 Å². The van der Waals surface area contributed by atoms with Gasteiger partial charge in [0.25, 0.3) is 5.91 Å². The van der Waals surface area contributed by atoms with E-state index in [2.05, 4.69) is 39.1 Å². The molecular formula is C25H24F3N7OS. The van der Waals surface area contributed by atoms with Crippen molar-refractivity contribution >= 4 is 39.9 Å². The molecule has 4 aromatic heterocycles. The minimum Gasteiger partial charge on any atom is -0.309 e. The van der Waals surface area contributed by atoms with Crippen LogP contribution in [-0.2, 0) is 12.7 Å². The predicted molar refractivity (Wildman–Crippen MR) is 137 cm³/mol. The minimum atomic E-state index is -4.69. The zero-order valence-corrected chi connectivity index (χ0v) is 21.0. The monoisotopic (exact) mass is 527 g/mol. The van der Waals surface area contributed by atoms with Gasteiger partial charge in [0.1, 0.15) is 0 Å². The van der Waals surface area contributed by atoms with E-state index in [1.54, 1.807) is 17.5 Å². The van der Waals surface area contributed by atoms with Crippen molar-refractivity contribution in [1.82, 2.24) is 29.0 Å². The zero-order chi connectivity index (χ0) is 26.2. The van der Waals surface area contributed by atoms with Gasteiger partial charge >= 0.3 is 6.18 Å². The van der Waals surface area contributed by atoms with Gasteiger partial charge < -0.3 is 9.47 Å². The lowest BCUT2D eigenvalue weighted by Gasteiger charge is -2.19. The first-order valence-electron chi connectivity index (χ1n) is 11.8. The van der Waals surface area contributed by atoms with Gasteiger partial charge in [-0.2, -0.15) is 18.3 Å². The van der Waals surface area contributed by atoms with E-state index < -0.39 is 17.8 Å². The summed E-state index contributed by atoms with van der Waals surface area (Å²) in [6.07, 6.45) is -4.69. The van der Waals surface area contributed by atoms with Gasteiger partial charge in [0.2, 0.25) is 5.95 Å². The largest absolute Gasteiger partial charge is 0.433 e. The van der Waals surface area contributed by atoms with Gasteiger partial charge in [-0.3, -0.25) is 10.1 Å². The van der Waals surface area contributed by atoms with Crippen molar-refractivity contribution in [2.45, 2.75) is 26.6 Å². The van der Waals surface area contributed by atoms with E-state index in [1.165, 1.54) is 17.4 Å². The maximum Gasteiger partial charge on any atom is 0.433 e. The number of hydrogen-bond acceptors (Lipinski definition) is 6. The van der Waals surface area contributed by atoms with E-state index in [-0.39, 0.29) is 17.0 Å². The average Bonchev–Trinajstić information content (AvgIpc) is 3.62. The number of carbonyl (C=O) groups is 1. The Hall–Kier alpha value is -3.77. The molecule has 5 rings (SSSR count). The second kappa shape index (κ2) is 9.94. The molecule has 0 bridgehead atoms. The van der Waals surface area contributed by atoms with Crippen LogP contribution in [0, 0.1) is 0 Å². The molecule has 0 saturated carbocycles. The fourth-order valence-electron chi connectivity index (χ4n) is 4.18. The summed E-state index contributed by atoms with van der Waals surface area (Å²) in [6, 6.07) is 13.1. The maximum atomic E-state index is 13.9. The molecule has 5 aromatic rings. The summed E-state index contributed by atoms with van der Waals surface area (Å²) in [4.78, 5) is 24.9. The molecule has 0 aliphatic rings. The van der Waals surface area contributed by atoms with Crippen molar-refractivity contribution in [2.24, 2.45) is 0 Å². The molecular weight excluding hydrogens is 503 g/mol. The topological polar surface area (TPSA) is 80.3 Å². The summed E-state index contributed by atoms with van der Waals surface area (Å²) in [5.41, 5.74) is 0.448. The number of imidazole rings is 1. The minimum absolute atomic E-state index is 0.0709. The fraction of sp³-hybridized carbons (Fsp3) is 0.280. The van der Waals surface area contributed by atoms with Gasteiger partial charge in [-0.25, -0.2) is 14.5 Å². The van der Waals surface area contributed by atoms with Gasteiger partial charge in [0, 0.05) is 19.2 Å². The summed E-state index contributed by atoms with van der Waals surface area (Å²) in [5.74, 6) is -0.366. The smallest absolute Gasteiger partial charge is 0.309 e. The number of amides is 1. The fourth-order valence-corrected chi connectivity index (χ4v) is 4.87. The number of thiophene rings is 1. The van der Waals surface area contributed by atoms with Gasteiger partial charge in [-0.15, -0.1) is 11.3 Å². The lowest BCUT2D eigenvalue weighted by Crippen LogP contribution is -2.27. The summed E-state index contributed by atoms with van der Waals surface area (Å²) in [7, 11) is 0. The van der Waals surface area contributed by atoms with Crippen LogP contribution >= 0.6 is 11.3 Å². The summed E-state index contributed by atoms with van der Waals surface area (Å²) >= 11 is 1.28. The molecule has 37 heavy (non-hydrogen) atoms. The molecule has 0 unspecified atom stereocenters. The first-order valence-corrected chi connectivity index (χ1v) is 12.7. The number of para-hydroxylation sites is 2. The van der Waals surface area contributed by atoms with Crippen molar-refractivity contribution < 1.29 is 18.0 Å². The van der Waals surface area contributed by atoms with Gasteiger partial charge in [0.15, 0.2) is 17.0 Å². The predicted octanol–water partition coefficient (Wildman–Crippen LogP) is 5.42. The number of carbonyl (C=O) groups excluding carboxylic acids is 1. The van der Waals surface area contributed by atoms with E-state index in [0.717, 1.165) is 31.2 Å². The molecule has 1 aromatic carbocycles. The molecule has 12 heteroatoms. The molecule has 0 saturated heterocycles. The van der Waals surface area contributed by atoms with E-state index in [0.29, 0.717) is 27.4 Å². The number of likely N-dealkylation sites (N-methyl/N-ethyl adjacent to an activating group) is 1.